The Hall–Kier alpha value is -1.46. The van der Waals surface area contributed by atoms with Crippen LogP contribution in [-0.4, -0.2) is 12.2 Å². The minimum atomic E-state index is -1.23. The van der Waals surface area contributed by atoms with Crippen molar-refractivity contribution in [3.05, 3.63) is 51.2 Å². The van der Waals surface area contributed by atoms with Crippen LogP contribution in [0.25, 0.3) is 0 Å². The third-order valence-electron chi connectivity index (χ3n) is 2.73. The zero-order valence-corrected chi connectivity index (χ0v) is 10.7. The molecule has 0 amide bonds. The maximum atomic E-state index is 13.8. The van der Waals surface area contributed by atoms with Gasteiger partial charge in [-0.1, -0.05) is 12.1 Å². The van der Waals surface area contributed by atoms with Crippen molar-refractivity contribution in [3.8, 4) is 5.75 Å². The zero-order chi connectivity index (χ0) is 13.3. The number of aliphatic hydroxyl groups excluding tert-OH is 1. The Balaban J connectivity index is 2.46. The molecule has 2 rings (SSSR count). The van der Waals surface area contributed by atoms with Crippen molar-refractivity contribution in [1.29, 1.82) is 0 Å². The number of thiophene rings is 1. The third kappa shape index (κ3) is 2.11. The van der Waals surface area contributed by atoms with Crippen molar-refractivity contribution < 1.29 is 18.6 Å². The lowest BCUT2D eigenvalue weighted by molar-refractivity contribution is 0.212. The number of halogens is 2. The lowest BCUT2D eigenvalue weighted by atomic mass is 10.0. The average molecular weight is 270 g/mol. The van der Waals surface area contributed by atoms with Crippen molar-refractivity contribution in [3.63, 3.8) is 0 Å². The van der Waals surface area contributed by atoms with E-state index in [-0.39, 0.29) is 11.1 Å². The number of benzene rings is 1. The zero-order valence-electron chi connectivity index (χ0n) is 9.91. The summed E-state index contributed by atoms with van der Waals surface area (Å²) in [6, 6.07) is 4.50. The van der Waals surface area contributed by atoms with Gasteiger partial charge in [-0.15, -0.1) is 11.3 Å². The summed E-state index contributed by atoms with van der Waals surface area (Å²) in [5.74, 6) is -1.48. The van der Waals surface area contributed by atoms with Crippen LogP contribution in [0.15, 0.2) is 23.6 Å². The van der Waals surface area contributed by atoms with Crippen LogP contribution in [-0.2, 0) is 0 Å². The molecule has 0 aliphatic heterocycles. The molecule has 5 heteroatoms. The molecule has 0 saturated heterocycles. The molecule has 2 nitrogen and oxygen atoms in total. The highest BCUT2D eigenvalue weighted by atomic mass is 32.1. The molecule has 18 heavy (non-hydrogen) atoms. The Kier molecular flexibility index (Phi) is 3.63. The summed E-state index contributed by atoms with van der Waals surface area (Å²) in [6.07, 6.45) is -1.23. The molecule has 1 unspecified atom stereocenters. The van der Waals surface area contributed by atoms with Crippen LogP contribution < -0.4 is 4.74 Å². The molecule has 1 N–H and O–H groups in total. The molecule has 0 radical (unpaired) electrons. The Morgan fingerprint density at radius 1 is 1.22 bits per heavy atom. The molecule has 1 heterocycles. The molecule has 1 aromatic carbocycles. The molecule has 0 aliphatic carbocycles. The average Bonchev–Trinajstić information content (AvgIpc) is 2.83. The highest BCUT2D eigenvalue weighted by Crippen LogP contribution is 2.36. The van der Waals surface area contributed by atoms with Crippen LogP contribution in [0.1, 0.15) is 22.1 Å². The van der Waals surface area contributed by atoms with Gasteiger partial charge in [-0.05, 0) is 23.9 Å². The molecule has 96 valence electrons. The Morgan fingerprint density at radius 2 is 1.94 bits per heavy atom. The minimum Gasteiger partial charge on any atom is -0.495 e. The number of hydrogen-bond donors (Lipinski definition) is 1. The van der Waals surface area contributed by atoms with Crippen LogP contribution in [0.4, 0.5) is 8.78 Å². The molecule has 0 spiro atoms. The summed E-state index contributed by atoms with van der Waals surface area (Å²) in [5.41, 5.74) is 0.125. The quantitative estimate of drug-likeness (QED) is 0.926. The number of methoxy groups -OCH3 is 1. The van der Waals surface area contributed by atoms with Crippen LogP contribution >= 0.6 is 11.3 Å². The Labute approximate surface area is 107 Å². The molecule has 0 fully saturated rings. The number of aliphatic hydroxyl groups is 1. The number of hydrogen-bond acceptors (Lipinski definition) is 3. The summed E-state index contributed by atoms with van der Waals surface area (Å²) in [5, 5.41) is 11.8. The van der Waals surface area contributed by atoms with E-state index < -0.39 is 17.7 Å². The number of aryl methyl sites for hydroxylation is 1. The van der Waals surface area contributed by atoms with Crippen LogP contribution in [0, 0.1) is 18.6 Å². The fourth-order valence-corrected chi connectivity index (χ4v) is 2.55. The fourth-order valence-electron chi connectivity index (χ4n) is 1.69. The Morgan fingerprint density at radius 3 is 2.61 bits per heavy atom. The maximum absolute atomic E-state index is 13.8. The van der Waals surface area contributed by atoms with Gasteiger partial charge >= 0.3 is 0 Å². The summed E-state index contributed by atoms with van der Waals surface area (Å²) >= 11 is 1.23. The van der Waals surface area contributed by atoms with Crippen molar-refractivity contribution >= 4 is 11.3 Å². The van der Waals surface area contributed by atoms with E-state index in [4.69, 9.17) is 4.74 Å². The first-order chi connectivity index (χ1) is 8.56. The van der Waals surface area contributed by atoms with Gasteiger partial charge in [0.1, 0.15) is 11.9 Å². The molecular formula is C13H12F2O2S. The normalized spacial score (nSPS) is 12.5. The van der Waals surface area contributed by atoms with Gasteiger partial charge in [0.25, 0.3) is 0 Å². The summed E-state index contributed by atoms with van der Waals surface area (Å²) in [4.78, 5) is 0.458. The van der Waals surface area contributed by atoms with Crippen LogP contribution in [0.2, 0.25) is 0 Å². The summed E-state index contributed by atoms with van der Waals surface area (Å²) < 4.78 is 32.3. The van der Waals surface area contributed by atoms with Crippen molar-refractivity contribution in [2.75, 3.05) is 7.11 Å². The fraction of sp³-hybridized carbons (Fsp3) is 0.231. The second-order valence-corrected chi connectivity index (χ2v) is 4.80. The third-order valence-corrected chi connectivity index (χ3v) is 3.68. The Bertz CT molecular complexity index is 566. The van der Waals surface area contributed by atoms with E-state index in [1.165, 1.54) is 37.5 Å². The largest absolute Gasteiger partial charge is 0.495 e. The van der Waals surface area contributed by atoms with Gasteiger partial charge in [0.15, 0.2) is 11.6 Å². The monoisotopic (exact) mass is 270 g/mol. The first-order valence-corrected chi connectivity index (χ1v) is 6.18. The van der Waals surface area contributed by atoms with E-state index in [0.717, 1.165) is 0 Å². The summed E-state index contributed by atoms with van der Waals surface area (Å²) in [7, 11) is 1.46. The van der Waals surface area contributed by atoms with Gasteiger partial charge in [0, 0.05) is 5.56 Å². The molecule has 0 aliphatic rings. The van der Waals surface area contributed by atoms with Gasteiger partial charge in [0.05, 0.1) is 12.0 Å². The number of rotatable bonds is 3. The van der Waals surface area contributed by atoms with Crippen molar-refractivity contribution in [2.24, 2.45) is 0 Å². The highest BCUT2D eigenvalue weighted by Gasteiger charge is 2.22. The highest BCUT2D eigenvalue weighted by molar-refractivity contribution is 7.10. The van der Waals surface area contributed by atoms with Gasteiger partial charge in [0.2, 0.25) is 0 Å². The van der Waals surface area contributed by atoms with Crippen LogP contribution in [0.3, 0.4) is 0 Å². The van der Waals surface area contributed by atoms with E-state index in [9.17, 15) is 13.9 Å². The molecular weight excluding hydrogens is 258 g/mol. The smallest absolute Gasteiger partial charge is 0.165 e. The maximum Gasteiger partial charge on any atom is 0.165 e. The standard InChI is InChI=1S/C13H12F2O2S/c1-7-3-4-8(11(15)10(7)14)12(16)13-9(17-2)5-6-18-13/h3-6,12,16H,1-2H3. The van der Waals surface area contributed by atoms with E-state index >= 15 is 0 Å². The molecule has 0 bridgehead atoms. The van der Waals surface area contributed by atoms with Gasteiger partial charge in [-0.2, -0.15) is 0 Å². The molecule has 0 saturated carbocycles. The van der Waals surface area contributed by atoms with Gasteiger partial charge in [-0.3, -0.25) is 0 Å². The van der Waals surface area contributed by atoms with Gasteiger partial charge in [-0.25, -0.2) is 8.78 Å². The predicted octanol–water partition coefficient (Wildman–Crippen LogP) is 3.43. The second kappa shape index (κ2) is 5.04. The minimum absolute atomic E-state index is 0.0844. The topological polar surface area (TPSA) is 29.5 Å². The predicted molar refractivity (Wildman–Crippen MR) is 66.0 cm³/mol. The summed E-state index contributed by atoms with van der Waals surface area (Å²) in [6.45, 7) is 1.47. The molecule has 2 aromatic rings. The van der Waals surface area contributed by atoms with Crippen molar-refractivity contribution in [2.45, 2.75) is 13.0 Å². The van der Waals surface area contributed by atoms with E-state index in [1.807, 2.05) is 0 Å². The van der Waals surface area contributed by atoms with Crippen LogP contribution in [0.5, 0.6) is 5.75 Å². The first-order valence-electron chi connectivity index (χ1n) is 5.30. The van der Waals surface area contributed by atoms with Crippen molar-refractivity contribution in [1.82, 2.24) is 0 Å². The lowest BCUT2D eigenvalue weighted by Crippen LogP contribution is -2.05. The van der Waals surface area contributed by atoms with Gasteiger partial charge < -0.3 is 9.84 Å². The lowest BCUT2D eigenvalue weighted by Gasteiger charge is -2.13. The SMILES string of the molecule is COc1ccsc1C(O)c1ccc(C)c(F)c1F. The van der Waals surface area contributed by atoms with E-state index in [1.54, 1.807) is 11.4 Å². The molecule has 1 aromatic heterocycles. The first kappa shape index (κ1) is 13.0. The molecule has 1 atom stereocenters. The van der Waals surface area contributed by atoms with E-state index in [0.29, 0.717) is 10.6 Å². The second-order valence-electron chi connectivity index (χ2n) is 3.86. The number of ether oxygens (including phenoxy) is 1. The van der Waals surface area contributed by atoms with E-state index in [2.05, 4.69) is 0 Å².